The smallest absolute Gasteiger partial charge is 0.344 e. The summed E-state index contributed by atoms with van der Waals surface area (Å²) in [5, 5.41) is 6.96. The van der Waals surface area contributed by atoms with Crippen LogP contribution in [-0.4, -0.2) is 57.1 Å². The number of halogens is 4. The number of fused-ring (bicyclic) bond motifs is 3. The summed E-state index contributed by atoms with van der Waals surface area (Å²) in [5.41, 5.74) is 3.00. The second-order valence-electron chi connectivity index (χ2n) is 8.39. The monoisotopic (exact) mass is 492 g/mol. The third kappa shape index (κ3) is 3.83. The van der Waals surface area contributed by atoms with Crippen molar-refractivity contribution in [3.63, 3.8) is 0 Å². The largest absolute Gasteiger partial charge is 0.413 e. The van der Waals surface area contributed by atoms with Gasteiger partial charge in [0.1, 0.15) is 6.04 Å². The molecular formula is C22H20ClF3N6O2. The highest BCUT2D eigenvalue weighted by molar-refractivity contribution is 6.29. The molecule has 12 heteroatoms. The van der Waals surface area contributed by atoms with Gasteiger partial charge >= 0.3 is 6.18 Å². The van der Waals surface area contributed by atoms with Crippen LogP contribution in [0.5, 0.6) is 0 Å². The van der Waals surface area contributed by atoms with Crippen LogP contribution in [0.15, 0.2) is 36.5 Å². The first kappa shape index (κ1) is 22.5. The zero-order chi connectivity index (χ0) is 24.2. The van der Waals surface area contributed by atoms with E-state index in [4.69, 9.17) is 11.6 Å². The molecule has 2 aliphatic rings. The number of alkyl halides is 3. The van der Waals surface area contributed by atoms with Crippen molar-refractivity contribution in [2.75, 3.05) is 18.5 Å². The summed E-state index contributed by atoms with van der Waals surface area (Å²) >= 11 is 6.02. The van der Waals surface area contributed by atoms with Crippen LogP contribution >= 0.6 is 11.6 Å². The number of aryl methyl sites for hydroxylation is 1. The quantitative estimate of drug-likeness (QED) is 0.564. The number of hydrogen-bond acceptors (Lipinski definition) is 5. The number of β-lactam (4-membered cyclic amide) rings is 1. The SMILES string of the molecule is CN(C(=O)[C@@H]1CC(=O)N1)[C@@H](c1ccc(N2CCCc3c2cnc2cc(Cl)nn32)cc1)C(F)(F)F. The lowest BCUT2D eigenvalue weighted by molar-refractivity contribution is -0.190. The Morgan fingerprint density at radius 2 is 2.00 bits per heavy atom. The lowest BCUT2D eigenvalue weighted by Gasteiger charge is -2.36. The standard InChI is InChI=1S/C22H20ClF3N6O2/c1-30(21(34)14-9-19(33)28-14)20(22(24,25)26)12-4-6-13(7-5-12)31-8-2-3-15-16(31)11-27-18-10-17(23)29-32(15)18/h4-7,10-11,14,20H,2-3,8-9H2,1H3,(H,28,33)/t14-,20-/m0/s1. The number of aromatic nitrogens is 3. The van der Waals surface area contributed by atoms with Gasteiger partial charge in [-0.1, -0.05) is 23.7 Å². The van der Waals surface area contributed by atoms with Gasteiger partial charge in [0.25, 0.3) is 0 Å². The van der Waals surface area contributed by atoms with Crippen LogP contribution in [0.3, 0.4) is 0 Å². The van der Waals surface area contributed by atoms with Crippen LogP contribution in [0.4, 0.5) is 24.5 Å². The predicted octanol–water partition coefficient (Wildman–Crippen LogP) is 3.42. The van der Waals surface area contributed by atoms with Crippen LogP contribution < -0.4 is 10.2 Å². The first-order chi connectivity index (χ1) is 16.1. The summed E-state index contributed by atoms with van der Waals surface area (Å²) < 4.78 is 43.6. The topological polar surface area (TPSA) is 82.8 Å². The molecule has 0 radical (unpaired) electrons. The predicted molar refractivity (Wildman–Crippen MR) is 118 cm³/mol. The Bertz CT molecular complexity index is 1270. The van der Waals surface area contributed by atoms with Gasteiger partial charge in [-0.15, -0.1) is 0 Å². The van der Waals surface area contributed by atoms with E-state index in [0.717, 1.165) is 31.3 Å². The molecule has 3 aromatic rings. The summed E-state index contributed by atoms with van der Waals surface area (Å²) in [5.74, 6) is -1.13. The molecule has 2 aromatic heterocycles. The van der Waals surface area contributed by atoms with Crippen molar-refractivity contribution in [2.24, 2.45) is 0 Å². The average Bonchev–Trinajstić information content (AvgIpc) is 3.16. The Morgan fingerprint density at radius 3 is 2.65 bits per heavy atom. The summed E-state index contributed by atoms with van der Waals surface area (Å²) in [7, 11) is 1.10. The summed E-state index contributed by atoms with van der Waals surface area (Å²) in [6, 6.07) is 4.57. The van der Waals surface area contributed by atoms with Crippen molar-refractivity contribution in [1.29, 1.82) is 0 Å². The minimum atomic E-state index is -4.69. The number of rotatable bonds is 4. The van der Waals surface area contributed by atoms with Crippen LogP contribution in [0.1, 0.15) is 30.1 Å². The van der Waals surface area contributed by atoms with Crippen LogP contribution in [0.2, 0.25) is 5.15 Å². The number of likely N-dealkylation sites (N-methyl/N-ethyl adjacent to an activating group) is 1. The van der Waals surface area contributed by atoms with E-state index in [1.165, 1.54) is 12.1 Å². The molecule has 4 heterocycles. The third-order valence-corrected chi connectivity index (χ3v) is 6.39. The highest BCUT2D eigenvalue weighted by Gasteiger charge is 2.47. The molecule has 0 aliphatic carbocycles. The Kier molecular flexibility index (Phi) is 5.38. The highest BCUT2D eigenvalue weighted by atomic mass is 35.5. The average molecular weight is 493 g/mol. The maximum Gasteiger partial charge on any atom is 0.413 e. The van der Waals surface area contributed by atoms with Crippen LogP contribution in [0, 0.1) is 0 Å². The minimum Gasteiger partial charge on any atom is -0.344 e. The lowest BCUT2D eigenvalue weighted by Crippen LogP contribution is -2.58. The zero-order valence-corrected chi connectivity index (χ0v) is 18.8. The molecule has 2 aliphatic heterocycles. The molecule has 1 N–H and O–H groups in total. The van der Waals surface area contributed by atoms with Crippen molar-refractivity contribution in [3.05, 3.63) is 52.9 Å². The number of carbonyl (C=O) groups excluding carboxylic acids is 2. The van der Waals surface area contributed by atoms with Gasteiger partial charge in [0, 0.05) is 25.3 Å². The Morgan fingerprint density at radius 1 is 1.29 bits per heavy atom. The molecule has 2 atom stereocenters. The van der Waals surface area contributed by atoms with Crippen molar-refractivity contribution in [1.82, 2.24) is 24.8 Å². The number of anilines is 2. The second-order valence-corrected chi connectivity index (χ2v) is 8.78. The number of nitrogens with zero attached hydrogens (tertiary/aromatic N) is 5. The third-order valence-electron chi connectivity index (χ3n) is 6.21. The molecule has 0 spiro atoms. The van der Waals surface area contributed by atoms with Gasteiger partial charge in [0.15, 0.2) is 16.8 Å². The fourth-order valence-electron chi connectivity index (χ4n) is 4.55. The normalized spacial score (nSPS) is 18.8. The molecule has 0 bridgehead atoms. The molecule has 0 saturated carbocycles. The van der Waals surface area contributed by atoms with Crippen molar-refractivity contribution < 1.29 is 22.8 Å². The maximum absolute atomic E-state index is 14.0. The van der Waals surface area contributed by atoms with E-state index in [1.807, 2.05) is 4.90 Å². The molecule has 0 unspecified atom stereocenters. The van der Waals surface area contributed by atoms with Crippen LogP contribution in [-0.2, 0) is 16.0 Å². The van der Waals surface area contributed by atoms with E-state index in [1.54, 1.807) is 28.9 Å². The first-order valence-corrected chi connectivity index (χ1v) is 11.0. The van der Waals surface area contributed by atoms with Gasteiger partial charge in [-0.3, -0.25) is 9.59 Å². The molecule has 5 rings (SSSR count). The maximum atomic E-state index is 14.0. The van der Waals surface area contributed by atoms with E-state index in [-0.39, 0.29) is 17.9 Å². The summed E-state index contributed by atoms with van der Waals surface area (Å²) in [6.07, 6.45) is -1.49. The minimum absolute atomic E-state index is 0.0672. The fraction of sp³-hybridized carbons (Fsp3) is 0.364. The lowest BCUT2D eigenvalue weighted by atomic mass is 10.00. The molecular weight excluding hydrogens is 473 g/mol. The summed E-state index contributed by atoms with van der Waals surface area (Å²) in [6.45, 7) is 0.664. The van der Waals surface area contributed by atoms with Crippen molar-refractivity contribution in [3.8, 4) is 0 Å². The number of hydrogen-bond donors (Lipinski definition) is 1. The molecule has 8 nitrogen and oxygen atoms in total. The highest BCUT2D eigenvalue weighted by Crippen LogP contribution is 2.39. The Balaban J connectivity index is 1.44. The molecule has 1 saturated heterocycles. The van der Waals surface area contributed by atoms with Gasteiger partial charge in [-0.05, 0) is 30.5 Å². The fourth-order valence-corrected chi connectivity index (χ4v) is 4.72. The van der Waals surface area contributed by atoms with Gasteiger partial charge in [-0.25, -0.2) is 9.50 Å². The van der Waals surface area contributed by atoms with Gasteiger partial charge in [0.2, 0.25) is 11.8 Å². The van der Waals surface area contributed by atoms with E-state index in [9.17, 15) is 22.8 Å². The summed E-state index contributed by atoms with van der Waals surface area (Å²) in [4.78, 5) is 30.6. The van der Waals surface area contributed by atoms with E-state index in [0.29, 0.717) is 27.9 Å². The van der Waals surface area contributed by atoms with Gasteiger partial charge in [0.05, 0.1) is 24.0 Å². The molecule has 1 aromatic carbocycles. The number of nitrogens with one attached hydrogen (secondary N) is 1. The van der Waals surface area contributed by atoms with Crippen LogP contribution in [0.25, 0.3) is 5.65 Å². The molecule has 2 amide bonds. The molecule has 34 heavy (non-hydrogen) atoms. The zero-order valence-electron chi connectivity index (χ0n) is 18.0. The van der Waals surface area contributed by atoms with Gasteiger partial charge < -0.3 is 15.1 Å². The van der Waals surface area contributed by atoms with Crippen molar-refractivity contribution in [2.45, 2.75) is 37.5 Å². The number of amides is 2. The first-order valence-electron chi connectivity index (χ1n) is 10.7. The molecule has 178 valence electrons. The second kappa shape index (κ2) is 8.15. The van der Waals surface area contributed by atoms with E-state index in [2.05, 4.69) is 15.4 Å². The Hall–Kier alpha value is -3.34. The Labute approximate surface area is 197 Å². The van der Waals surface area contributed by atoms with E-state index >= 15 is 0 Å². The van der Waals surface area contributed by atoms with Gasteiger partial charge in [-0.2, -0.15) is 18.3 Å². The van der Waals surface area contributed by atoms with Crippen molar-refractivity contribution >= 4 is 40.4 Å². The molecule has 1 fully saturated rings. The van der Waals surface area contributed by atoms with E-state index < -0.39 is 24.2 Å². The number of benzene rings is 1. The number of carbonyl (C=O) groups is 2.